The van der Waals surface area contributed by atoms with E-state index in [1.54, 1.807) is 12.1 Å². The number of hydrogen-bond donors (Lipinski definition) is 1. The highest BCUT2D eigenvalue weighted by molar-refractivity contribution is 5.98. The predicted octanol–water partition coefficient (Wildman–Crippen LogP) is 3.20. The van der Waals surface area contributed by atoms with Crippen LogP contribution in [0.25, 0.3) is 23.4 Å². The molecule has 0 atom stereocenters. The molecule has 0 unspecified atom stereocenters. The van der Waals surface area contributed by atoms with Crippen molar-refractivity contribution in [2.75, 3.05) is 69.0 Å². The van der Waals surface area contributed by atoms with Gasteiger partial charge in [0, 0.05) is 62.3 Å². The first-order chi connectivity index (χ1) is 20.8. The number of aromatic nitrogens is 2. The summed E-state index contributed by atoms with van der Waals surface area (Å²) in [5, 5.41) is 2.66. The van der Waals surface area contributed by atoms with Crippen molar-refractivity contribution < 1.29 is 37.1 Å². The summed E-state index contributed by atoms with van der Waals surface area (Å²) in [6.45, 7) is 5.99. The van der Waals surface area contributed by atoms with Gasteiger partial charge in [0.1, 0.15) is 0 Å². The zero-order chi connectivity index (χ0) is 30.0. The maximum Gasteiger partial charge on any atom is 0.493 e. The number of pyridine rings is 1. The highest BCUT2D eigenvalue weighted by atomic mass is 19.4. The summed E-state index contributed by atoms with van der Waals surface area (Å²) < 4.78 is 51.2. The molecule has 0 bridgehead atoms. The lowest BCUT2D eigenvalue weighted by atomic mass is 10.1. The van der Waals surface area contributed by atoms with Crippen LogP contribution in [0.4, 0.5) is 24.5 Å². The van der Waals surface area contributed by atoms with Crippen LogP contribution in [0.5, 0.6) is 0 Å². The van der Waals surface area contributed by atoms with Crippen LogP contribution in [-0.2, 0) is 20.7 Å². The van der Waals surface area contributed by atoms with Crippen molar-refractivity contribution >= 4 is 35.4 Å². The number of carbonyl (C=O) groups excluding carboxylic acids is 2. The van der Waals surface area contributed by atoms with Gasteiger partial charge in [-0.1, -0.05) is 12.1 Å². The zero-order valence-electron chi connectivity index (χ0n) is 23.2. The number of anilines is 2. The number of amides is 1. The van der Waals surface area contributed by atoms with Crippen LogP contribution < -0.4 is 20.0 Å². The molecular formula is C30H30F3N5O5. The minimum atomic E-state index is -5.20. The molecule has 1 amide bonds. The molecule has 43 heavy (non-hydrogen) atoms. The van der Waals surface area contributed by atoms with E-state index >= 15 is 0 Å². The molecule has 3 aliphatic rings. The summed E-state index contributed by atoms with van der Waals surface area (Å²) >= 11 is 0. The van der Waals surface area contributed by atoms with Crippen molar-refractivity contribution in [2.45, 2.75) is 12.6 Å². The highest BCUT2D eigenvalue weighted by Crippen LogP contribution is 2.31. The number of nitrogens with one attached hydrogen (secondary N) is 1. The fourth-order valence-electron chi connectivity index (χ4n) is 5.44. The van der Waals surface area contributed by atoms with Crippen molar-refractivity contribution in [3.05, 3.63) is 65.1 Å². The van der Waals surface area contributed by atoms with Crippen molar-refractivity contribution in [1.82, 2.24) is 15.0 Å². The average Bonchev–Trinajstić information content (AvgIpc) is 3.40. The number of ether oxygens (including phenoxy) is 2. The zero-order valence-corrected chi connectivity index (χ0v) is 23.2. The average molecular weight is 598 g/mol. The Balaban J connectivity index is 1.33. The quantitative estimate of drug-likeness (QED) is 0.463. The topological polar surface area (TPSA) is 98.2 Å². The van der Waals surface area contributed by atoms with Gasteiger partial charge in [0.15, 0.2) is 0 Å². The van der Waals surface area contributed by atoms with Gasteiger partial charge in [-0.25, -0.2) is 4.79 Å². The van der Waals surface area contributed by atoms with Crippen LogP contribution in [0.1, 0.15) is 27.3 Å². The largest absolute Gasteiger partial charge is 0.493 e. The Labute approximate surface area is 245 Å². The molecule has 1 N–H and O–H groups in total. The van der Waals surface area contributed by atoms with E-state index in [-0.39, 0.29) is 29.9 Å². The Morgan fingerprint density at radius 1 is 0.953 bits per heavy atom. The first-order valence-electron chi connectivity index (χ1n) is 14.0. The second-order valence-corrected chi connectivity index (χ2v) is 10.3. The maximum absolute atomic E-state index is 13.1. The fraction of sp³-hybridized carbons (Fsp3) is 0.367. The molecular weight excluding hydrogens is 567 g/mol. The lowest BCUT2D eigenvalue weighted by Crippen LogP contribution is -2.38. The highest BCUT2D eigenvalue weighted by Gasteiger charge is 2.43. The molecule has 13 heteroatoms. The SMILES string of the molecule is O=C1NCCc2c1cc(-c1ccnc(C=Cc3ccc(N4CCOCC4)cc3N3CCOCC3)c1)n2OC(=O)C(F)(F)F. The number of benzene rings is 1. The van der Waals surface area contributed by atoms with E-state index in [2.05, 4.69) is 38.3 Å². The molecule has 2 fully saturated rings. The molecule has 2 saturated heterocycles. The number of nitrogens with zero attached hydrogens (tertiary/aromatic N) is 4. The number of hydrogen-bond acceptors (Lipinski definition) is 8. The Hall–Kier alpha value is -4.36. The van der Waals surface area contributed by atoms with Gasteiger partial charge in [0.05, 0.1) is 49.1 Å². The van der Waals surface area contributed by atoms with Crippen LogP contribution in [-0.4, -0.2) is 86.9 Å². The Morgan fingerprint density at radius 2 is 1.67 bits per heavy atom. The Morgan fingerprint density at radius 3 is 2.40 bits per heavy atom. The monoisotopic (exact) mass is 597 g/mol. The minimum absolute atomic E-state index is 0.139. The molecule has 6 rings (SSSR count). The Kier molecular flexibility index (Phi) is 8.08. The predicted molar refractivity (Wildman–Crippen MR) is 153 cm³/mol. The number of rotatable bonds is 6. The van der Waals surface area contributed by atoms with E-state index in [0.29, 0.717) is 37.7 Å². The first kappa shape index (κ1) is 28.7. The number of alkyl halides is 3. The van der Waals surface area contributed by atoms with Gasteiger partial charge in [-0.3, -0.25) is 9.78 Å². The Bertz CT molecular complexity index is 1540. The summed E-state index contributed by atoms with van der Waals surface area (Å²) in [5.41, 5.74) is 4.60. The standard InChI is InChI=1S/C30H30F3N5O5/c31-30(32,33)29(40)43-38-25-6-8-35-28(39)24(25)19-27(38)21-5-7-34-22(17-21)3-1-20-2-4-23(36-9-13-41-14-10-36)18-26(20)37-11-15-42-16-12-37/h1-5,7,17-19H,6,8-16H2,(H,35,39). The van der Waals surface area contributed by atoms with Gasteiger partial charge >= 0.3 is 12.1 Å². The van der Waals surface area contributed by atoms with Crippen molar-refractivity contribution in [3.8, 4) is 11.3 Å². The molecule has 10 nitrogen and oxygen atoms in total. The van der Waals surface area contributed by atoms with Crippen LogP contribution in [0.15, 0.2) is 42.6 Å². The van der Waals surface area contributed by atoms with Crippen LogP contribution in [0, 0.1) is 0 Å². The van der Waals surface area contributed by atoms with Gasteiger partial charge in [0.25, 0.3) is 5.91 Å². The normalized spacial score (nSPS) is 17.6. The van der Waals surface area contributed by atoms with Gasteiger partial charge < -0.3 is 29.4 Å². The second-order valence-electron chi connectivity index (χ2n) is 10.3. The third kappa shape index (κ3) is 6.22. The molecule has 5 heterocycles. The molecule has 1 aromatic carbocycles. The van der Waals surface area contributed by atoms with E-state index in [4.69, 9.17) is 14.3 Å². The smallest absolute Gasteiger partial charge is 0.378 e. The summed E-state index contributed by atoms with van der Waals surface area (Å²) in [6, 6.07) is 11.0. The molecule has 0 aliphatic carbocycles. The van der Waals surface area contributed by atoms with E-state index in [1.807, 2.05) is 12.2 Å². The summed E-state index contributed by atoms with van der Waals surface area (Å²) in [7, 11) is 0. The third-order valence-electron chi connectivity index (χ3n) is 7.61. The van der Waals surface area contributed by atoms with E-state index in [0.717, 1.165) is 47.8 Å². The number of fused-ring (bicyclic) bond motifs is 1. The van der Waals surface area contributed by atoms with Crippen LogP contribution >= 0.6 is 0 Å². The summed E-state index contributed by atoms with van der Waals surface area (Å²) in [4.78, 5) is 38.0. The van der Waals surface area contributed by atoms with Gasteiger partial charge in [-0.15, -0.1) is 0 Å². The van der Waals surface area contributed by atoms with E-state index < -0.39 is 18.1 Å². The maximum atomic E-state index is 13.1. The van der Waals surface area contributed by atoms with Gasteiger partial charge in [-0.2, -0.15) is 17.9 Å². The number of carbonyl (C=O) groups is 2. The van der Waals surface area contributed by atoms with Gasteiger partial charge in [-0.05, 0) is 42.0 Å². The van der Waals surface area contributed by atoms with E-state index in [1.165, 1.54) is 12.3 Å². The number of halogens is 3. The lowest BCUT2D eigenvalue weighted by Gasteiger charge is -2.33. The van der Waals surface area contributed by atoms with E-state index in [9.17, 15) is 22.8 Å². The fourth-order valence-corrected chi connectivity index (χ4v) is 5.44. The van der Waals surface area contributed by atoms with Crippen LogP contribution in [0.3, 0.4) is 0 Å². The van der Waals surface area contributed by atoms with Crippen LogP contribution in [0.2, 0.25) is 0 Å². The summed E-state index contributed by atoms with van der Waals surface area (Å²) in [5.74, 6) is -2.82. The summed E-state index contributed by atoms with van der Waals surface area (Å²) in [6.07, 6.45) is 0.281. The van der Waals surface area contributed by atoms with Crippen molar-refractivity contribution in [3.63, 3.8) is 0 Å². The minimum Gasteiger partial charge on any atom is -0.378 e. The molecule has 3 aromatic rings. The molecule has 0 saturated carbocycles. The number of morpholine rings is 2. The van der Waals surface area contributed by atoms with Crippen molar-refractivity contribution in [1.29, 1.82) is 0 Å². The van der Waals surface area contributed by atoms with Crippen molar-refractivity contribution in [2.24, 2.45) is 0 Å². The third-order valence-corrected chi connectivity index (χ3v) is 7.61. The molecule has 3 aliphatic heterocycles. The molecule has 0 radical (unpaired) electrons. The molecule has 226 valence electrons. The molecule has 0 spiro atoms. The second kappa shape index (κ2) is 12.1. The first-order valence-corrected chi connectivity index (χ1v) is 14.0. The van der Waals surface area contributed by atoms with Gasteiger partial charge in [0.2, 0.25) is 0 Å². The lowest BCUT2D eigenvalue weighted by molar-refractivity contribution is -0.199. The molecule has 2 aromatic heterocycles.